The van der Waals surface area contributed by atoms with Gasteiger partial charge in [-0.25, -0.2) is 0 Å². The number of rotatable bonds is 2. The highest BCUT2D eigenvalue weighted by atomic mass is 16.5. The molecule has 2 unspecified atom stereocenters. The quantitative estimate of drug-likeness (QED) is 0.590. The molecule has 3 aromatic carbocycles. The number of hydrogen-bond donors (Lipinski definition) is 0. The lowest BCUT2D eigenvalue weighted by atomic mass is 9.78. The van der Waals surface area contributed by atoms with Crippen molar-refractivity contribution in [3.05, 3.63) is 106 Å². The Morgan fingerprint density at radius 2 is 1.50 bits per heavy atom. The minimum absolute atomic E-state index is 0.0714. The first-order valence-electron chi connectivity index (χ1n) is 8.53. The molecule has 4 rings (SSSR count). The fourth-order valence-electron chi connectivity index (χ4n) is 4.03. The summed E-state index contributed by atoms with van der Waals surface area (Å²) in [6.07, 6.45) is 0.0714. The van der Waals surface area contributed by atoms with Crippen LogP contribution >= 0.6 is 0 Å². The molecule has 0 N–H and O–H groups in total. The van der Waals surface area contributed by atoms with E-state index in [0.29, 0.717) is 0 Å². The maximum absolute atomic E-state index is 6.71. The zero-order valence-corrected chi connectivity index (χ0v) is 14.4. The van der Waals surface area contributed by atoms with Crippen LogP contribution in [0.1, 0.15) is 46.4 Å². The molecule has 1 nitrogen and oxygen atoms in total. The summed E-state index contributed by atoms with van der Waals surface area (Å²) in [6, 6.07) is 25.9. The van der Waals surface area contributed by atoms with Gasteiger partial charge < -0.3 is 4.74 Å². The zero-order valence-electron chi connectivity index (χ0n) is 14.4. The Hall–Kier alpha value is -2.38. The molecule has 1 heteroatoms. The minimum Gasteiger partial charge on any atom is -0.353 e. The average Bonchev–Trinajstić information content (AvgIpc) is 2.90. The molecule has 0 aliphatic carbocycles. The summed E-state index contributed by atoms with van der Waals surface area (Å²) in [5.41, 5.74) is 6.97. The van der Waals surface area contributed by atoms with E-state index < -0.39 is 5.60 Å². The zero-order chi connectivity index (χ0) is 16.7. The fraction of sp³-hybridized carbons (Fsp3) is 0.217. The van der Waals surface area contributed by atoms with Crippen LogP contribution in [0.3, 0.4) is 0 Å². The van der Waals surface area contributed by atoms with Crippen molar-refractivity contribution in [1.29, 1.82) is 0 Å². The Bertz CT molecular complexity index is 882. The molecule has 0 saturated carbocycles. The van der Waals surface area contributed by atoms with Gasteiger partial charge in [-0.05, 0) is 48.6 Å². The number of hydrogen-bond acceptors (Lipinski definition) is 1. The van der Waals surface area contributed by atoms with E-state index in [1.165, 1.54) is 33.4 Å². The van der Waals surface area contributed by atoms with E-state index >= 15 is 0 Å². The number of aryl methyl sites for hydroxylation is 2. The number of benzene rings is 3. The lowest BCUT2D eigenvalue weighted by molar-refractivity contribution is -0.0134. The minimum atomic E-state index is -0.533. The largest absolute Gasteiger partial charge is 0.353 e. The van der Waals surface area contributed by atoms with Gasteiger partial charge in [0.1, 0.15) is 5.60 Å². The van der Waals surface area contributed by atoms with Crippen LogP contribution in [0, 0.1) is 13.8 Å². The van der Waals surface area contributed by atoms with Crippen molar-refractivity contribution < 1.29 is 4.74 Å². The first-order valence-corrected chi connectivity index (χ1v) is 8.53. The van der Waals surface area contributed by atoms with Crippen molar-refractivity contribution in [2.24, 2.45) is 0 Å². The van der Waals surface area contributed by atoms with E-state index in [9.17, 15) is 0 Å². The van der Waals surface area contributed by atoms with Crippen LogP contribution in [0.5, 0.6) is 0 Å². The lowest BCUT2D eigenvalue weighted by Crippen LogP contribution is -2.30. The van der Waals surface area contributed by atoms with E-state index in [-0.39, 0.29) is 6.10 Å². The molecule has 0 spiro atoms. The third-order valence-electron chi connectivity index (χ3n) is 5.07. The Balaban J connectivity index is 2.07. The molecular weight excluding hydrogens is 292 g/mol. The molecule has 0 aromatic heterocycles. The van der Waals surface area contributed by atoms with Crippen molar-refractivity contribution in [2.45, 2.75) is 32.5 Å². The molecule has 0 saturated heterocycles. The third kappa shape index (κ3) is 2.12. The Morgan fingerprint density at radius 3 is 2.25 bits per heavy atom. The molecule has 1 aliphatic heterocycles. The monoisotopic (exact) mass is 314 g/mol. The van der Waals surface area contributed by atoms with Gasteiger partial charge in [-0.15, -0.1) is 0 Å². The van der Waals surface area contributed by atoms with Gasteiger partial charge in [0.15, 0.2) is 0 Å². The molecule has 1 aliphatic rings. The lowest BCUT2D eigenvalue weighted by Gasteiger charge is -2.33. The second kappa shape index (κ2) is 5.61. The van der Waals surface area contributed by atoms with Gasteiger partial charge in [0.05, 0.1) is 6.10 Å². The van der Waals surface area contributed by atoms with Crippen LogP contribution < -0.4 is 0 Å². The van der Waals surface area contributed by atoms with E-state index in [4.69, 9.17) is 4.74 Å². The molecule has 2 atom stereocenters. The molecule has 3 aromatic rings. The molecule has 0 radical (unpaired) electrons. The second-order valence-corrected chi connectivity index (χ2v) is 6.71. The van der Waals surface area contributed by atoms with Gasteiger partial charge in [-0.1, -0.05) is 78.4 Å². The van der Waals surface area contributed by atoms with Gasteiger partial charge in [-0.2, -0.15) is 0 Å². The highest BCUT2D eigenvalue weighted by molar-refractivity contribution is 5.55. The van der Waals surface area contributed by atoms with Gasteiger partial charge in [0, 0.05) is 0 Å². The highest BCUT2D eigenvalue weighted by Gasteiger charge is 2.46. The first kappa shape index (κ1) is 15.2. The van der Waals surface area contributed by atoms with Gasteiger partial charge in [0.25, 0.3) is 0 Å². The molecular formula is C23H22O. The Kier molecular flexibility index (Phi) is 3.54. The van der Waals surface area contributed by atoms with Crippen molar-refractivity contribution >= 4 is 0 Å². The normalized spacial score (nSPS) is 22.4. The van der Waals surface area contributed by atoms with E-state index in [1.807, 2.05) is 0 Å². The predicted molar refractivity (Wildman–Crippen MR) is 98.2 cm³/mol. The first-order chi connectivity index (χ1) is 11.6. The molecule has 0 bridgehead atoms. The summed E-state index contributed by atoms with van der Waals surface area (Å²) < 4.78 is 6.71. The Labute approximate surface area is 143 Å². The smallest absolute Gasteiger partial charge is 0.145 e. The molecule has 1 heterocycles. The van der Waals surface area contributed by atoms with Crippen molar-refractivity contribution in [3.63, 3.8) is 0 Å². The summed E-state index contributed by atoms with van der Waals surface area (Å²) in [4.78, 5) is 0. The summed E-state index contributed by atoms with van der Waals surface area (Å²) in [7, 11) is 0. The molecule has 24 heavy (non-hydrogen) atoms. The summed E-state index contributed by atoms with van der Waals surface area (Å²) in [5.74, 6) is 0. The van der Waals surface area contributed by atoms with Crippen molar-refractivity contribution in [1.82, 2.24) is 0 Å². The van der Waals surface area contributed by atoms with Crippen molar-refractivity contribution in [3.8, 4) is 0 Å². The summed E-state index contributed by atoms with van der Waals surface area (Å²) in [6.45, 7) is 6.47. The summed E-state index contributed by atoms with van der Waals surface area (Å²) in [5, 5.41) is 0. The molecule has 0 amide bonds. The van der Waals surface area contributed by atoms with Crippen LogP contribution in [0.2, 0.25) is 0 Å². The predicted octanol–water partition coefficient (Wildman–Crippen LogP) is 5.69. The average molecular weight is 314 g/mol. The van der Waals surface area contributed by atoms with Gasteiger partial charge >= 0.3 is 0 Å². The molecule has 120 valence electrons. The van der Waals surface area contributed by atoms with Gasteiger partial charge in [-0.3, -0.25) is 0 Å². The highest BCUT2D eigenvalue weighted by Crippen LogP contribution is 2.52. The van der Waals surface area contributed by atoms with Crippen LogP contribution in [-0.4, -0.2) is 0 Å². The fourth-order valence-corrected chi connectivity index (χ4v) is 4.03. The van der Waals surface area contributed by atoms with Crippen molar-refractivity contribution in [2.75, 3.05) is 0 Å². The maximum atomic E-state index is 6.71. The standard InChI is InChI=1S/C23H22O/c1-16-13-14-21(17(2)15-16)23(19-9-5-4-6-10-19)22-12-8-7-11-20(22)18(3)24-23/h4-15,18H,1-3H3. The van der Waals surface area contributed by atoms with Crippen LogP contribution in [-0.2, 0) is 10.3 Å². The van der Waals surface area contributed by atoms with Crippen LogP contribution in [0.25, 0.3) is 0 Å². The van der Waals surface area contributed by atoms with E-state index in [1.54, 1.807) is 0 Å². The second-order valence-electron chi connectivity index (χ2n) is 6.71. The summed E-state index contributed by atoms with van der Waals surface area (Å²) >= 11 is 0. The van der Waals surface area contributed by atoms with Crippen LogP contribution in [0.4, 0.5) is 0 Å². The van der Waals surface area contributed by atoms with E-state index in [0.717, 1.165) is 0 Å². The molecule has 0 fully saturated rings. The number of ether oxygens (including phenoxy) is 1. The third-order valence-corrected chi connectivity index (χ3v) is 5.07. The van der Waals surface area contributed by atoms with Gasteiger partial charge in [0.2, 0.25) is 0 Å². The number of fused-ring (bicyclic) bond motifs is 1. The van der Waals surface area contributed by atoms with E-state index in [2.05, 4.69) is 93.6 Å². The van der Waals surface area contributed by atoms with Crippen LogP contribution in [0.15, 0.2) is 72.8 Å². The SMILES string of the molecule is Cc1ccc(C2(c3ccccc3)OC(C)c3ccccc32)c(C)c1. The Morgan fingerprint density at radius 1 is 0.792 bits per heavy atom. The maximum Gasteiger partial charge on any atom is 0.145 e. The topological polar surface area (TPSA) is 9.23 Å².